The van der Waals surface area contributed by atoms with Crippen LogP contribution in [0.4, 0.5) is 11.6 Å². The van der Waals surface area contributed by atoms with Gasteiger partial charge in [-0.15, -0.1) is 0 Å². The Bertz CT molecular complexity index is 1310. The molecular weight excluding hydrogens is 500 g/mol. The van der Waals surface area contributed by atoms with Crippen molar-refractivity contribution in [1.82, 2.24) is 24.8 Å². The molecule has 0 radical (unpaired) electrons. The molecule has 1 amide bonds. The second-order valence-corrected chi connectivity index (χ2v) is 8.88. The number of aromatic amines is 1. The quantitative estimate of drug-likeness (QED) is 0.197. The molecule has 0 aliphatic heterocycles. The topological polar surface area (TPSA) is 96.0 Å². The monoisotopic (exact) mass is 546 g/mol. The molecule has 0 aliphatic carbocycles. The molecule has 0 saturated heterocycles. The lowest BCUT2D eigenvalue weighted by atomic mass is 10.2. The maximum atomic E-state index is 13.0. The van der Waals surface area contributed by atoms with Crippen LogP contribution in [0.1, 0.15) is 85.1 Å². The van der Waals surface area contributed by atoms with Crippen molar-refractivity contribution in [3.8, 4) is 17.1 Å². The van der Waals surface area contributed by atoms with Crippen LogP contribution in [-0.2, 0) is 0 Å². The third-order valence-corrected chi connectivity index (χ3v) is 5.94. The summed E-state index contributed by atoms with van der Waals surface area (Å²) in [5, 5.41) is 4.22. The molecule has 0 saturated carbocycles. The van der Waals surface area contributed by atoms with Gasteiger partial charge in [-0.1, -0.05) is 48.5 Å². The molecule has 4 rings (SSSR count). The second-order valence-electron chi connectivity index (χ2n) is 8.88. The zero-order valence-corrected chi connectivity index (χ0v) is 25.4. The van der Waals surface area contributed by atoms with E-state index in [-0.39, 0.29) is 12.0 Å². The predicted molar refractivity (Wildman–Crippen MR) is 166 cm³/mol. The average Bonchev–Trinajstić information content (AvgIpc) is 3.42. The number of anilines is 2. The number of hydrogen-bond donors (Lipinski definition) is 2. The highest BCUT2D eigenvalue weighted by molar-refractivity contribution is 5.98. The number of aromatic nitrogens is 4. The number of carbonyl (C=O) groups excluding carboxylic acids is 1. The third kappa shape index (κ3) is 8.79. The summed E-state index contributed by atoms with van der Waals surface area (Å²) < 4.78 is 5.92. The Morgan fingerprint density at radius 2 is 1.62 bits per heavy atom. The molecule has 3 aromatic heterocycles. The van der Waals surface area contributed by atoms with Crippen LogP contribution < -0.4 is 10.1 Å². The summed E-state index contributed by atoms with van der Waals surface area (Å²) >= 11 is 0. The molecule has 4 aromatic rings. The van der Waals surface area contributed by atoms with Gasteiger partial charge in [-0.05, 0) is 62.6 Å². The molecule has 1 unspecified atom stereocenters. The van der Waals surface area contributed by atoms with Crippen LogP contribution in [0.15, 0.2) is 54.9 Å². The average molecular weight is 547 g/mol. The maximum absolute atomic E-state index is 13.0. The summed E-state index contributed by atoms with van der Waals surface area (Å²) in [5.41, 5.74) is 3.76. The molecule has 0 fully saturated rings. The minimum Gasteiger partial charge on any atom is -0.491 e. The first-order valence-electron chi connectivity index (χ1n) is 14.7. The number of nitrogens with zero attached hydrogens (tertiary/aromatic N) is 4. The number of hydrogen-bond acceptors (Lipinski definition) is 6. The van der Waals surface area contributed by atoms with Crippen LogP contribution in [0, 0.1) is 0 Å². The number of benzene rings is 1. The van der Waals surface area contributed by atoms with Gasteiger partial charge in [0, 0.05) is 48.1 Å². The molecule has 1 atom stereocenters. The van der Waals surface area contributed by atoms with E-state index in [4.69, 9.17) is 4.74 Å². The molecule has 1 aromatic carbocycles. The van der Waals surface area contributed by atoms with Gasteiger partial charge >= 0.3 is 0 Å². The van der Waals surface area contributed by atoms with Crippen LogP contribution in [0.3, 0.4) is 0 Å². The van der Waals surface area contributed by atoms with E-state index in [9.17, 15) is 4.79 Å². The summed E-state index contributed by atoms with van der Waals surface area (Å²) in [5.74, 6) is 1.26. The Kier molecular flexibility index (Phi) is 13.6. The first kappa shape index (κ1) is 32.3. The van der Waals surface area contributed by atoms with E-state index in [2.05, 4.69) is 46.0 Å². The number of H-pyrrole nitrogens is 1. The largest absolute Gasteiger partial charge is 0.491 e. The van der Waals surface area contributed by atoms with Crippen molar-refractivity contribution >= 4 is 28.4 Å². The summed E-state index contributed by atoms with van der Waals surface area (Å²) in [6.45, 7) is 17.8. The highest BCUT2D eigenvalue weighted by Gasteiger charge is 2.17. The van der Waals surface area contributed by atoms with Gasteiger partial charge in [0.2, 0.25) is 5.95 Å². The Balaban J connectivity index is 0.00000134. The zero-order valence-electron chi connectivity index (χ0n) is 25.4. The summed E-state index contributed by atoms with van der Waals surface area (Å²) in [7, 11) is 0. The number of ether oxygens (including phenoxy) is 1. The van der Waals surface area contributed by atoms with Crippen LogP contribution in [0.5, 0.6) is 5.75 Å². The van der Waals surface area contributed by atoms with E-state index in [0.717, 1.165) is 54.7 Å². The summed E-state index contributed by atoms with van der Waals surface area (Å²) in [6, 6.07) is 13.4. The lowest BCUT2D eigenvalue weighted by molar-refractivity contribution is 0.0750. The fraction of sp³-hybridized carbons (Fsp3) is 0.438. The fourth-order valence-electron chi connectivity index (χ4n) is 3.98. The first-order chi connectivity index (χ1) is 19.5. The fourth-order valence-corrected chi connectivity index (χ4v) is 3.98. The van der Waals surface area contributed by atoms with Crippen molar-refractivity contribution in [3.05, 3.63) is 60.6 Å². The highest BCUT2D eigenvalue weighted by atomic mass is 16.5. The van der Waals surface area contributed by atoms with E-state index < -0.39 is 0 Å². The highest BCUT2D eigenvalue weighted by Crippen LogP contribution is 2.25. The Morgan fingerprint density at radius 3 is 2.30 bits per heavy atom. The molecule has 0 spiro atoms. The minimum atomic E-state index is 0.0347. The zero-order chi connectivity index (χ0) is 29.5. The predicted octanol–water partition coefficient (Wildman–Crippen LogP) is 8.26. The molecule has 40 heavy (non-hydrogen) atoms. The van der Waals surface area contributed by atoms with Crippen LogP contribution in [-0.4, -0.2) is 49.9 Å². The maximum Gasteiger partial charge on any atom is 0.270 e. The standard InChI is InChI=1S/C28H34N6O2.2C2H6/c1-5-14-34(15-6-2)27(35)26-17-20-16-21(8-9-23(20)32-26)31-28-30-13-11-24(33-28)25-18-22(10-12-29-25)36-19(4)7-3;2*1-2/h8-13,16-19,32H,5-7,14-15H2,1-4H3,(H,30,31,33);2*1-2H3. The molecule has 0 aliphatic rings. The van der Waals surface area contributed by atoms with Crippen molar-refractivity contribution < 1.29 is 9.53 Å². The number of carbonyl (C=O) groups is 1. The van der Waals surface area contributed by atoms with Gasteiger partial charge < -0.3 is 19.9 Å². The van der Waals surface area contributed by atoms with Crippen LogP contribution in [0.25, 0.3) is 22.3 Å². The van der Waals surface area contributed by atoms with Gasteiger partial charge in [-0.2, -0.15) is 0 Å². The Labute approximate surface area is 239 Å². The van der Waals surface area contributed by atoms with Crippen molar-refractivity contribution in [2.75, 3.05) is 18.4 Å². The van der Waals surface area contributed by atoms with Crippen LogP contribution in [0.2, 0.25) is 0 Å². The number of nitrogens with one attached hydrogen (secondary N) is 2. The Hall–Kier alpha value is -3.94. The molecule has 3 heterocycles. The molecule has 2 N–H and O–H groups in total. The van der Waals surface area contributed by atoms with Crippen LogP contribution >= 0.6 is 0 Å². The number of amides is 1. The van der Waals surface area contributed by atoms with Crippen molar-refractivity contribution in [2.24, 2.45) is 0 Å². The van der Waals surface area contributed by atoms with Gasteiger partial charge in [0.1, 0.15) is 11.4 Å². The van der Waals surface area contributed by atoms with Gasteiger partial charge in [0.05, 0.1) is 17.5 Å². The molecule has 8 nitrogen and oxygen atoms in total. The lowest BCUT2D eigenvalue weighted by Gasteiger charge is -2.20. The van der Waals surface area contributed by atoms with E-state index >= 15 is 0 Å². The lowest BCUT2D eigenvalue weighted by Crippen LogP contribution is -2.32. The van der Waals surface area contributed by atoms with Gasteiger partial charge in [0.15, 0.2) is 0 Å². The molecule has 0 bridgehead atoms. The van der Waals surface area contributed by atoms with Crippen molar-refractivity contribution in [1.29, 1.82) is 0 Å². The van der Waals surface area contributed by atoms with E-state index in [0.29, 0.717) is 23.0 Å². The molecular formula is C32H46N6O2. The van der Waals surface area contributed by atoms with E-state index in [1.165, 1.54) is 0 Å². The normalized spacial score (nSPS) is 11.0. The minimum absolute atomic E-state index is 0.0347. The third-order valence-electron chi connectivity index (χ3n) is 5.94. The van der Waals surface area contributed by atoms with E-state index in [1.54, 1.807) is 12.4 Å². The van der Waals surface area contributed by atoms with Crippen molar-refractivity contribution in [3.63, 3.8) is 0 Å². The van der Waals surface area contributed by atoms with E-state index in [1.807, 2.05) is 82.0 Å². The van der Waals surface area contributed by atoms with Gasteiger partial charge in [-0.25, -0.2) is 9.97 Å². The van der Waals surface area contributed by atoms with Crippen molar-refractivity contribution in [2.45, 2.75) is 80.8 Å². The second kappa shape index (κ2) is 16.9. The SMILES string of the molecule is CC.CC.CCCN(CCC)C(=O)c1cc2cc(Nc3nccc(-c4cc(OC(C)CC)ccn4)n3)ccc2[nH]1. The molecule has 8 heteroatoms. The molecule has 216 valence electrons. The Morgan fingerprint density at radius 1 is 0.925 bits per heavy atom. The number of pyridine rings is 1. The van der Waals surface area contributed by atoms with Gasteiger partial charge in [-0.3, -0.25) is 9.78 Å². The van der Waals surface area contributed by atoms with Gasteiger partial charge in [0.25, 0.3) is 5.91 Å². The smallest absolute Gasteiger partial charge is 0.270 e. The first-order valence-corrected chi connectivity index (χ1v) is 14.7. The number of rotatable bonds is 11. The summed E-state index contributed by atoms with van der Waals surface area (Å²) in [4.78, 5) is 31.6. The number of fused-ring (bicyclic) bond motifs is 1. The summed E-state index contributed by atoms with van der Waals surface area (Å²) in [6.07, 6.45) is 6.35.